The lowest BCUT2D eigenvalue weighted by molar-refractivity contribution is 0.555. The van der Waals surface area contributed by atoms with Gasteiger partial charge in [-0.3, -0.25) is 9.71 Å². The summed E-state index contributed by atoms with van der Waals surface area (Å²) in [4.78, 5) is 20.6. The SMILES string of the molecule is O=c1[nH]c2cc(NS(=O)(=O)c3cnc(Cl)nc3)ccc2o1. The van der Waals surface area contributed by atoms with Gasteiger partial charge in [-0.25, -0.2) is 23.2 Å². The van der Waals surface area contributed by atoms with Crippen molar-refractivity contribution >= 4 is 38.4 Å². The zero-order valence-corrected chi connectivity index (χ0v) is 11.8. The highest BCUT2D eigenvalue weighted by atomic mass is 35.5. The predicted octanol–water partition coefficient (Wildman–Crippen LogP) is 1.37. The molecule has 10 heteroatoms. The molecule has 0 unspecified atom stereocenters. The predicted molar refractivity (Wildman–Crippen MR) is 74.7 cm³/mol. The van der Waals surface area contributed by atoms with E-state index in [9.17, 15) is 13.2 Å². The molecule has 0 aliphatic carbocycles. The average molecular weight is 327 g/mol. The molecule has 0 saturated carbocycles. The van der Waals surface area contributed by atoms with Crippen LogP contribution >= 0.6 is 11.6 Å². The second-order valence-corrected chi connectivity index (χ2v) is 6.04. The zero-order valence-electron chi connectivity index (χ0n) is 10.2. The quantitative estimate of drug-likeness (QED) is 0.702. The third kappa shape index (κ3) is 2.73. The molecular formula is C11H7ClN4O4S. The Morgan fingerprint density at radius 3 is 2.67 bits per heavy atom. The molecule has 3 rings (SSSR count). The number of H-pyrrole nitrogens is 1. The third-order valence-corrected chi connectivity index (χ3v) is 4.11. The van der Waals surface area contributed by atoms with Crippen LogP contribution in [0.2, 0.25) is 5.28 Å². The van der Waals surface area contributed by atoms with Gasteiger partial charge in [-0.05, 0) is 29.8 Å². The van der Waals surface area contributed by atoms with Crippen LogP contribution in [0.1, 0.15) is 0 Å². The fourth-order valence-electron chi connectivity index (χ4n) is 1.67. The normalized spacial score (nSPS) is 11.7. The first-order chi connectivity index (χ1) is 9.94. The second kappa shape index (κ2) is 4.86. The summed E-state index contributed by atoms with van der Waals surface area (Å²) in [5, 5.41) is -0.0497. The molecule has 0 aliphatic heterocycles. The van der Waals surface area contributed by atoms with E-state index in [1.165, 1.54) is 18.2 Å². The monoisotopic (exact) mass is 326 g/mol. The number of anilines is 1. The molecule has 0 amide bonds. The molecule has 0 saturated heterocycles. The van der Waals surface area contributed by atoms with Crippen LogP contribution in [0.15, 0.2) is 44.7 Å². The number of halogens is 1. The maximum absolute atomic E-state index is 12.1. The lowest BCUT2D eigenvalue weighted by atomic mass is 10.3. The summed E-state index contributed by atoms with van der Waals surface area (Å²) in [6.07, 6.45) is 2.19. The Morgan fingerprint density at radius 1 is 1.24 bits per heavy atom. The van der Waals surface area contributed by atoms with Crippen LogP contribution in [0.5, 0.6) is 0 Å². The minimum atomic E-state index is -3.85. The number of nitrogens with one attached hydrogen (secondary N) is 2. The molecule has 0 spiro atoms. The topological polar surface area (TPSA) is 118 Å². The van der Waals surface area contributed by atoms with Crippen molar-refractivity contribution in [3.05, 3.63) is 46.4 Å². The van der Waals surface area contributed by atoms with Crippen LogP contribution in [0.25, 0.3) is 11.1 Å². The summed E-state index contributed by atoms with van der Waals surface area (Å²) in [7, 11) is -3.85. The summed E-state index contributed by atoms with van der Waals surface area (Å²) in [5.74, 6) is -0.615. The van der Waals surface area contributed by atoms with Crippen LogP contribution < -0.4 is 10.5 Å². The largest absolute Gasteiger partial charge is 0.417 e. The lowest BCUT2D eigenvalue weighted by Crippen LogP contribution is -2.13. The lowest BCUT2D eigenvalue weighted by Gasteiger charge is -2.07. The number of rotatable bonds is 3. The van der Waals surface area contributed by atoms with Crippen molar-refractivity contribution in [1.29, 1.82) is 0 Å². The maximum atomic E-state index is 12.1. The fourth-order valence-corrected chi connectivity index (χ4v) is 2.70. The van der Waals surface area contributed by atoms with Gasteiger partial charge in [-0.15, -0.1) is 0 Å². The van der Waals surface area contributed by atoms with Crippen LogP contribution in [0.4, 0.5) is 5.69 Å². The number of hydrogen-bond acceptors (Lipinski definition) is 6. The number of aromatic nitrogens is 3. The molecule has 0 bridgehead atoms. The molecule has 2 aromatic heterocycles. The van der Waals surface area contributed by atoms with Crippen molar-refractivity contribution in [1.82, 2.24) is 15.0 Å². The smallest absolute Gasteiger partial charge is 0.408 e. The highest BCUT2D eigenvalue weighted by molar-refractivity contribution is 7.92. The molecule has 8 nitrogen and oxygen atoms in total. The number of nitrogens with zero attached hydrogens (tertiary/aromatic N) is 2. The van der Waals surface area contributed by atoms with Gasteiger partial charge in [0.2, 0.25) is 5.28 Å². The van der Waals surface area contributed by atoms with E-state index in [1.807, 2.05) is 0 Å². The first kappa shape index (κ1) is 13.6. The number of sulfonamides is 1. The average Bonchev–Trinajstić information content (AvgIpc) is 2.78. The summed E-state index contributed by atoms with van der Waals surface area (Å²) in [6, 6.07) is 4.38. The van der Waals surface area contributed by atoms with Gasteiger partial charge in [0.15, 0.2) is 5.58 Å². The molecule has 21 heavy (non-hydrogen) atoms. The Bertz CT molecular complexity index is 962. The van der Waals surface area contributed by atoms with Crippen LogP contribution in [-0.2, 0) is 10.0 Å². The molecule has 1 aromatic carbocycles. The van der Waals surface area contributed by atoms with E-state index in [0.717, 1.165) is 12.4 Å². The molecule has 2 heterocycles. The van der Waals surface area contributed by atoms with Crippen molar-refractivity contribution in [3.8, 4) is 0 Å². The molecule has 0 atom stereocenters. The second-order valence-electron chi connectivity index (χ2n) is 4.02. The van der Waals surface area contributed by atoms with E-state index in [-0.39, 0.29) is 15.9 Å². The Labute approximate surface area is 122 Å². The number of fused-ring (bicyclic) bond motifs is 1. The van der Waals surface area contributed by atoms with Gasteiger partial charge in [0, 0.05) is 0 Å². The number of hydrogen-bond donors (Lipinski definition) is 2. The van der Waals surface area contributed by atoms with Crippen molar-refractivity contribution in [3.63, 3.8) is 0 Å². The van der Waals surface area contributed by atoms with Crippen LogP contribution in [0, 0.1) is 0 Å². The Hall–Kier alpha value is -2.39. The number of aromatic amines is 1. The van der Waals surface area contributed by atoms with Gasteiger partial charge >= 0.3 is 5.76 Å². The third-order valence-electron chi connectivity index (χ3n) is 2.58. The van der Waals surface area contributed by atoms with Crippen LogP contribution in [0.3, 0.4) is 0 Å². The zero-order chi connectivity index (χ0) is 15.0. The highest BCUT2D eigenvalue weighted by Crippen LogP contribution is 2.19. The highest BCUT2D eigenvalue weighted by Gasteiger charge is 2.16. The van der Waals surface area contributed by atoms with Crippen molar-refractivity contribution in [2.75, 3.05) is 4.72 Å². The van der Waals surface area contributed by atoms with Crippen LogP contribution in [-0.4, -0.2) is 23.4 Å². The van der Waals surface area contributed by atoms with Gasteiger partial charge in [0.05, 0.1) is 23.6 Å². The minimum Gasteiger partial charge on any atom is -0.408 e. The van der Waals surface area contributed by atoms with Gasteiger partial charge < -0.3 is 4.42 Å². The van der Waals surface area contributed by atoms with E-state index in [1.54, 1.807) is 0 Å². The molecule has 108 valence electrons. The maximum Gasteiger partial charge on any atom is 0.417 e. The summed E-state index contributed by atoms with van der Waals surface area (Å²) >= 11 is 5.51. The van der Waals surface area contributed by atoms with Crippen molar-refractivity contribution in [2.24, 2.45) is 0 Å². The van der Waals surface area contributed by atoms with Crippen molar-refractivity contribution in [2.45, 2.75) is 4.90 Å². The minimum absolute atomic E-state index is 0.0497. The standard InChI is InChI=1S/C11H7ClN4O4S/c12-10-13-4-7(5-14-10)21(18,19)16-6-1-2-9-8(3-6)15-11(17)20-9/h1-5,16H,(H,15,17). The molecule has 0 aliphatic rings. The molecule has 0 radical (unpaired) electrons. The Morgan fingerprint density at radius 2 is 1.95 bits per heavy atom. The summed E-state index contributed by atoms with van der Waals surface area (Å²) in [6.45, 7) is 0. The first-order valence-electron chi connectivity index (χ1n) is 5.57. The molecule has 2 N–H and O–H groups in total. The van der Waals surface area contributed by atoms with Gasteiger partial charge in [0.1, 0.15) is 4.90 Å². The molecular weight excluding hydrogens is 320 g/mol. The Balaban J connectivity index is 1.96. The van der Waals surface area contributed by atoms with Gasteiger partial charge in [-0.1, -0.05) is 0 Å². The number of oxazole rings is 1. The van der Waals surface area contributed by atoms with Gasteiger partial charge in [0.25, 0.3) is 10.0 Å². The van der Waals surface area contributed by atoms with Gasteiger partial charge in [-0.2, -0.15) is 0 Å². The van der Waals surface area contributed by atoms with E-state index in [4.69, 9.17) is 16.0 Å². The summed E-state index contributed by atoms with van der Waals surface area (Å²) in [5.41, 5.74) is 0.972. The fraction of sp³-hybridized carbons (Fsp3) is 0. The van der Waals surface area contributed by atoms with E-state index in [0.29, 0.717) is 11.1 Å². The Kier molecular flexibility index (Phi) is 3.15. The van der Waals surface area contributed by atoms with E-state index < -0.39 is 15.8 Å². The van der Waals surface area contributed by atoms with Crippen molar-refractivity contribution < 1.29 is 12.8 Å². The van der Waals surface area contributed by atoms with E-state index >= 15 is 0 Å². The summed E-state index contributed by atoms with van der Waals surface area (Å²) < 4.78 is 31.4. The number of benzene rings is 1. The van der Waals surface area contributed by atoms with E-state index in [2.05, 4.69) is 19.7 Å². The molecule has 0 fully saturated rings. The first-order valence-corrected chi connectivity index (χ1v) is 7.43. The molecule has 3 aromatic rings.